The van der Waals surface area contributed by atoms with E-state index in [1.54, 1.807) is 29.2 Å². The zero-order chi connectivity index (χ0) is 22.9. The van der Waals surface area contributed by atoms with Crippen molar-refractivity contribution < 1.29 is 9.18 Å². The van der Waals surface area contributed by atoms with Crippen LogP contribution in [0.4, 0.5) is 9.52 Å². The minimum atomic E-state index is -0.294. The topological polar surface area (TPSA) is 90.5 Å². The molecule has 8 nitrogen and oxygen atoms in total. The summed E-state index contributed by atoms with van der Waals surface area (Å²) < 4.78 is 16.8. The average molecular weight is 462 g/mol. The summed E-state index contributed by atoms with van der Waals surface area (Å²) in [5.74, 6) is -0.545. The first kappa shape index (κ1) is 21.0. The Labute approximate surface area is 192 Å². The maximum absolute atomic E-state index is 13.4. The van der Waals surface area contributed by atoms with Gasteiger partial charge in [-0.2, -0.15) is 10.2 Å². The fourth-order valence-corrected chi connectivity index (χ4v) is 4.43. The van der Waals surface area contributed by atoms with E-state index in [1.165, 1.54) is 23.5 Å². The maximum atomic E-state index is 13.4. The third-order valence-electron chi connectivity index (χ3n) is 5.26. The second-order valence-corrected chi connectivity index (χ2v) is 8.34. The van der Waals surface area contributed by atoms with Crippen molar-refractivity contribution in [1.82, 2.24) is 29.5 Å². The van der Waals surface area contributed by atoms with Gasteiger partial charge < -0.3 is 5.32 Å². The highest BCUT2D eigenvalue weighted by atomic mass is 32.1. The van der Waals surface area contributed by atoms with Gasteiger partial charge in [0.15, 0.2) is 10.8 Å². The molecule has 5 aromatic rings. The molecule has 0 aliphatic heterocycles. The van der Waals surface area contributed by atoms with Crippen LogP contribution in [0.1, 0.15) is 12.6 Å². The molecular formula is C23H20FN7OS. The molecule has 0 unspecified atom stereocenters. The zero-order valence-electron chi connectivity index (χ0n) is 18.0. The minimum Gasteiger partial charge on any atom is -0.300 e. The van der Waals surface area contributed by atoms with Gasteiger partial charge in [0, 0.05) is 35.3 Å². The van der Waals surface area contributed by atoms with Crippen molar-refractivity contribution in [2.45, 2.75) is 26.9 Å². The normalized spacial score (nSPS) is 11.2. The molecule has 4 aromatic heterocycles. The molecule has 4 heterocycles. The van der Waals surface area contributed by atoms with Crippen LogP contribution in [0.5, 0.6) is 0 Å². The van der Waals surface area contributed by atoms with Gasteiger partial charge in [-0.05, 0) is 43.2 Å². The third kappa shape index (κ3) is 4.12. The Morgan fingerprint density at radius 2 is 2.00 bits per heavy atom. The van der Waals surface area contributed by atoms with Crippen LogP contribution in [-0.2, 0) is 17.9 Å². The number of carbonyl (C=O) groups excluding carboxylic acids is 1. The van der Waals surface area contributed by atoms with Crippen molar-refractivity contribution in [2.24, 2.45) is 0 Å². The molecule has 1 aromatic carbocycles. The van der Waals surface area contributed by atoms with Crippen LogP contribution in [0, 0.1) is 12.7 Å². The van der Waals surface area contributed by atoms with Crippen molar-refractivity contribution in [1.29, 1.82) is 0 Å². The largest absolute Gasteiger partial charge is 0.300 e. The number of benzene rings is 1. The fraction of sp³-hybridized carbons (Fsp3) is 0.174. The van der Waals surface area contributed by atoms with Crippen LogP contribution in [0.2, 0.25) is 0 Å². The number of halogens is 1. The number of carbonyl (C=O) groups is 1. The van der Waals surface area contributed by atoms with Gasteiger partial charge in [-0.1, -0.05) is 12.1 Å². The van der Waals surface area contributed by atoms with E-state index in [-0.39, 0.29) is 18.3 Å². The summed E-state index contributed by atoms with van der Waals surface area (Å²) in [6.07, 6.45) is 5.34. The van der Waals surface area contributed by atoms with Gasteiger partial charge in [0.25, 0.3) is 0 Å². The second-order valence-electron chi connectivity index (χ2n) is 7.48. The number of aromatic nitrogens is 6. The molecule has 10 heteroatoms. The summed E-state index contributed by atoms with van der Waals surface area (Å²) >= 11 is 1.35. The van der Waals surface area contributed by atoms with Gasteiger partial charge in [0.05, 0.1) is 17.6 Å². The van der Waals surface area contributed by atoms with E-state index in [0.717, 1.165) is 40.0 Å². The summed E-state index contributed by atoms with van der Waals surface area (Å²) in [4.78, 5) is 21.7. The monoisotopic (exact) mass is 461 g/mol. The van der Waals surface area contributed by atoms with Crippen molar-refractivity contribution in [2.75, 3.05) is 5.32 Å². The van der Waals surface area contributed by atoms with Crippen LogP contribution in [0.3, 0.4) is 0 Å². The molecule has 0 radical (unpaired) electrons. The molecule has 33 heavy (non-hydrogen) atoms. The van der Waals surface area contributed by atoms with Crippen LogP contribution in [0.15, 0.2) is 54.3 Å². The van der Waals surface area contributed by atoms with Crippen molar-refractivity contribution in [3.63, 3.8) is 0 Å². The second kappa shape index (κ2) is 8.55. The van der Waals surface area contributed by atoms with Gasteiger partial charge in [0.2, 0.25) is 5.91 Å². The number of pyridine rings is 1. The van der Waals surface area contributed by atoms with Gasteiger partial charge in [-0.3, -0.25) is 9.48 Å². The number of hydrogen-bond acceptors (Lipinski definition) is 6. The molecule has 0 fully saturated rings. The average Bonchev–Trinajstić information content (AvgIpc) is 3.54. The highest BCUT2D eigenvalue weighted by Gasteiger charge is 2.17. The number of fused-ring (bicyclic) bond motifs is 1. The zero-order valence-corrected chi connectivity index (χ0v) is 18.8. The van der Waals surface area contributed by atoms with E-state index < -0.39 is 0 Å². The number of aryl methyl sites for hydroxylation is 2. The first-order chi connectivity index (χ1) is 16.0. The minimum absolute atomic E-state index is 0.00705. The lowest BCUT2D eigenvalue weighted by atomic mass is 10.0. The SMILES string of the molecule is CCn1cc(-c2csc(NC(=O)Cn3nc(C)c4c(-c5ccc(F)cc5)ccnc43)n2)cn1. The molecule has 0 spiro atoms. The van der Waals surface area contributed by atoms with E-state index in [4.69, 9.17) is 0 Å². The Bertz CT molecular complexity index is 1450. The maximum Gasteiger partial charge on any atom is 0.247 e. The molecule has 166 valence electrons. The Balaban J connectivity index is 1.37. The number of amides is 1. The molecule has 5 rings (SSSR count). The molecule has 0 atom stereocenters. The van der Waals surface area contributed by atoms with Crippen molar-refractivity contribution in [3.8, 4) is 22.4 Å². The first-order valence-electron chi connectivity index (χ1n) is 10.4. The predicted molar refractivity (Wildman–Crippen MR) is 125 cm³/mol. The third-order valence-corrected chi connectivity index (χ3v) is 6.02. The van der Waals surface area contributed by atoms with Gasteiger partial charge >= 0.3 is 0 Å². The molecule has 1 N–H and O–H groups in total. The predicted octanol–water partition coefficient (Wildman–Crippen LogP) is 4.52. The molecule has 0 aliphatic carbocycles. The van der Waals surface area contributed by atoms with Gasteiger partial charge in [-0.25, -0.2) is 19.0 Å². The molecule has 0 aliphatic rings. The Hall–Kier alpha value is -3.92. The van der Waals surface area contributed by atoms with Crippen molar-refractivity contribution in [3.05, 3.63) is 65.8 Å². The lowest BCUT2D eigenvalue weighted by Gasteiger charge is -2.05. The summed E-state index contributed by atoms with van der Waals surface area (Å²) in [5.41, 5.74) is 4.76. The van der Waals surface area contributed by atoms with Crippen molar-refractivity contribution >= 4 is 33.4 Å². The highest BCUT2D eigenvalue weighted by Crippen LogP contribution is 2.30. The van der Waals surface area contributed by atoms with Crippen LogP contribution in [-0.4, -0.2) is 35.4 Å². The van der Waals surface area contributed by atoms with E-state index >= 15 is 0 Å². The fourth-order valence-electron chi connectivity index (χ4n) is 3.69. The van der Waals surface area contributed by atoms with Gasteiger partial charge in [-0.15, -0.1) is 11.3 Å². The summed E-state index contributed by atoms with van der Waals surface area (Å²) in [7, 11) is 0. The van der Waals surface area contributed by atoms with Crippen LogP contribution in [0.25, 0.3) is 33.4 Å². The Kier molecular flexibility index (Phi) is 5.43. The van der Waals surface area contributed by atoms with Crippen LogP contribution >= 0.6 is 11.3 Å². The summed E-state index contributed by atoms with van der Waals surface area (Å²) in [6.45, 7) is 4.66. The van der Waals surface area contributed by atoms with Gasteiger partial charge in [0.1, 0.15) is 12.4 Å². The first-order valence-corrected chi connectivity index (χ1v) is 11.3. The van der Waals surface area contributed by atoms with Crippen LogP contribution < -0.4 is 5.32 Å². The molecule has 0 saturated heterocycles. The quantitative estimate of drug-likeness (QED) is 0.401. The number of anilines is 1. The molecular weight excluding hydrogens is 441 g/mol. The summed E-state index contributed by atoms with van der Waals surface area (Å²) in [5, 5.41) is 14.9. The van der Waals surface area contributed by atoms with E-state index in [0.29, 0.717) is 10.8 Å². The standard InChI is InChI=1S/C23H20FN7OS/c1-3-30-11-16(10-26-30)19-13-33-23(27-19)28-20(32)12-31-22-21(14(2)29-31)18(8-9-25-22)15-4-6-17(24)7-5-15/h4-11,13H,3,12H2,1-2H3,(H,27,28,32). The lowest BCUT2D eigenvalue weighted by molar-refractivity contribution is -0.116. The number of rotatable bonds is 6. The Morgan fingerprint density at radius 1 is 1.18 bits per heavy atom. The number of thiazole rings is 1. The highest BCUT2D eigenvalue weighted by molar-refractivity contribution is 7.14. The molecule has 1 amide bonds. The number of nitrogens with zero attached hydrogens (tertiary/aromatic N) is 6. The Morgan fingerprint density at radius 3 is 2.76 bits per heavy atom. The summed E-state index contributed by atoms with van der Waals surface area (Å²) in [6, 6.07) is 8.15. The number of hydrogen-bond donors (Lipinski definition) is 1. The number of nitrogens with one attached hydrogen (secondary N) is 1. The van der Waals surface area contributed by atoms with E-state index in [1.807, 2.05) is 36.2 Å². The molecule has 0 saturated carbocycles. The molecule has 0 bridgehead atoms. The lowest BCUT2D eigenvalue weighted by Crippen LogP contribution is -2.19. The van der Waals surface area contributed by atoms with E-state index in [2.05, 4.69) is 25.5 Å². The smallest absolute Gasteiger partial charge is 0.247 e. The van der Waals surface area contributed by atoms with E-state index in [9.17, 15) is 9.18 Å².